The van der Waals surface area contributed by atoms with Crippen LogP contribution in [0.1, 0.15) is 12.5 Å². The van der Waals surface area contributed by atoms with Crippen LogP contribution in [0.2, 0.25) is 0 Å². The van der Waals surface area contributed by atoms with Gasteiger partial charge in [0.1, 0.15) is 5.03 Å². The minimum atomic E-state index is 0.158. The van der Waals surface area contributed by atoms with E-state index in [1.165, 1.54) is 11.8 Å². The number of benzene rings is 1. The molecule has 0 spiro atoms. The summed E-state index contributed by atoms with van der Waals surface area (Å²) >= 11 is 1.53. The summed E-state index contributed by atoms with van der Waals surface area (Å²) in [5, 5.41) is 1.79. The van der Waals surface area contributed by atoms with Crippen LogP contribution in [-0.4, -0.2) is 21.0 Å². The summed E-state index contributed by atoms with van der Waals surface area (Å²) in [6.07, 6.45) is 2.73. The van der Waals surface area contributed by atoms with Gasteiger partial charge in [-0.3, -0.25) is 0 Å². The number of pyridine rings is 1. The highest BCUT2D eigenvalue weighted by Gasteiger charge is 2.05. The maximum absolute atomic E-state index is 5.78. The van der Waals surface area contributed by atoms with E-state index in [-0.39, 0.29) is 6.04 Å². The molecule has 0 radical (unpaired) electrons. The lowest BCUT2D eigenvalue weighted by Crippen LogP contribution is -2.17. The van der Waals surface area contributed by atoms with Crippen molar-refractivity contribution in [2.75, 3.05) is 0 Å². The van der Waals surface area contributed by atoms with Crippen LogP contribution in [0.3, 0.4) is 0 Å². The standard InChI is InChI=1S/C15H16N4S/c1-10(16)8-11-6-7-14(17-9-11)20-15-18-12-4-2-3-5-13(12)19-15/h2-7,9-10H,8,16H2,1H3,(H,18,19). The number of H-pyrrole nitrogens is 1. The van der Waals surface area contributed by atoms with Crippen LogP contribution >= 0.6 is 11.8 Å². The Morgan fingerprint density at radius 1 is 1.25 bits per heavy atom. The molecule has 0 bridgehead atoms. The van der Waals surface area contributed by atoms with Crippen molar-refractivity contribution in [1.82, 2.24) is 15.0 Å². The molecule has 3 aromatic rings. The maximum atomic E-state index is 5.78. The van der Waals surface area contributed by atoms with Crippen molar-refractivity contribution in [2.45, 2.75) is 29.6 Å². The van der Waals surface area contributed by atoms with Crippen LogP contribution in [-0.2, 0) is 6.42 Å². The molecule has 5 heteroatoms. The van der Waals surface area contributed by atoms with E-state index in [1.54, 1.807) is 0 Å². The summed E-state index contributed by atoms with van der Waals surface area (Å²) in [7, 11) is 0. The van der Waals surface area contributed by atoms with Crippen LogP contribution in [0, 0.1) is 0 Å². The Bertz CT molecular complexity index is 670. The minimum absolute atomic E-state index is 0.158. The van der Waals surface area contributed by atoms with Crippen LogP contribution in [0.4, 0.5) is 0 Å². The molecular formula is C15H16N4S. The molecule has 1 unspecified atom stereocenters. The Morgan fingerprint density at radius 2 is 2.10 bits per heavy atom. The van der Waals surface area contributed by atoms with Gasteiger partial charge < -0.3 is 10.7 Å². The van der Waals surface area contributed by atoms with Crippen molar-refractivity contribution in [3.63, 3.8) is 0 Å². The molecule has 0 aliphatic carbocycles. The Balaban J connectivity index is 1.76. The molecule has 0 fully saturated rings. The Morgan fingerprint density at radius 3 is 2.80 bits per heavy atom. The quantitative estimate of drug-likeness (QED) is 0.773. The summed E-state index contributed by atoms with van der Waals surface area (Å²) in [4.78, 5) is 12.3. The zero-order valence-corrected chi connectivity index (χ0v) is 12.0. The second-order valence-corrected chi connectivity index (χ2v) is 5.86. The first-order chi connectivity index (χ1) is 9.70. The van der Waals surface area contributed by atoms with Crippen LogP contribution in [0.25, 0.3) is 11.0 Å². The fourth-order valence-electron chi connectivity index (χ4n) is 2.04. The molecule has 20 heavy (non-hydrogen) atoms. The minimum Gasteiger partial charge on any atom is -0.333 e. The third kappa shape index (κ3) is 3.00. The predicted molar refractivity (Wildman–Crippen MR) is 81.8 cm³/mol. The number of nitrogens with two attached hydrogens (primary N) is 1. The van der Waals surface area contributed by atoms with E-state index in [0.29, 0.717) is 0 Å². The van der Waals surface area contributed by atoms with Crippen LogP contribution in [0.15, 0.2) is 52.8 Å². The Kier molecular flexibility index (Phi) is 3.71. The third-order valence-electron chi connectivity index (χ3n) is 2.92. The molecule has 3 rings (SSSR count). The molecule has 2 heterocycles. The van der Waals surface area contributed by atoms with E-state index in [0.717, 1.165) is 33.2 Å². The SMILES string of the molecule is CC(N)Cc1ccc(Sc2nc3ccccc3[nH]2)nc1. The fraction of sp³-hybridized carbons (Fsp3) is 0.200. The molecule has 4 nitrogen and oxygen atoms in total. The molecule has 0 aliphatic rings. The third-order valence-corrected chi connectivity index (χ3v) is 3.76. The topological polar surface area (TPSA) is 67.6 Å². The van der Waals surface area contributed by atoms with E-state index in [4.69, 9.17) is 5.73 Å². The number of aromatic nitrogens is 3. The number of imidazole rings is 1. The fourth-order valence-corrected chi connectivity index (χ4v) is 2.79. The number of aromatic amines is 1. The normalized spacial score (nSPS) is 12.7. The molecule has 0 saturated carbocycles. The highest BCUT2D eigenvalue weighted by molar-refractivity contribution is 7.99. The molecule has 2 aromatic heterocycles. The van der Waals surface area contributed by atoms with Gasteiger partial charge >= 0.3 is 0 Å². The lowest BCUT2D eigenvalue weighted by atomic mass is 10.1. The lowest BCUT2D eigenvalue weighted by molar-refractivity contribution is 0.734. The number of hydrogen-bond acceptors (Lipinski definition) is 4. The van der Waals surface area contributed by atoms with Gasteiger partial charge in [-0.05, 0) is 48.9 Å². The number of fused-ring (bicyclic) bond motifs is 1. The Labute approximate surface area is 121 Å². The highest BCUT2D eigenvalue weighted by atomic mass is 32.2. The van der Waals surface area contributed by atoms with Crippen molar-refractivity contribution in [2.24, 2.45) is 5.73 Å². The summed E-state index contributed by atoms with van der Waals surface area (Å²) in [5.74, 6) is 0. The van der Waals surface area contributed by atoms with E-state index in [1.807, 2.05) is 43.5 Å². The average molecular weight is 284 g/mol. The molecule has 1 atom stereocenters. The molecule has 0 saturated heterocycles. The predicted octanol–water partition coefficient (Wildman–Crippen LogP) is 3.00. The van der Waals surface area contributed by atoms with E-state index < -0.39 is 0 Å². The van der Waals surface area contributed by atoms with E-state index in [9.17, 15) is 0 Å². The number of nitrogens with zero attached hydrogens (tertiary/aromatic N) is 2. The highest BCUT2D eigenvalue weighted by Crippen LogP contribution is 2.25. The first-order valence-corrected chi connectivity index (χ1v) is 7.35. The van der Waals surface area contributed by atoms with Gasteiger partial charge in [0, 0.05) is 12.2 Å². The lowest BCUT2D eigenvalue weighted by Gasteiger charge is -2.04. The van der Waals surface area contributed by atoms with E-state index >= 15 is 0 Å². The van der Waals surface area contributed by atoms with Crippen molar-refractivity contribution < 1.29 is 0 Å². The summed E-state index contributed by atoms with van der Waals surface area (Å²) in [5.41, 5.74) is 8.96. The molecule has 102 valence electrons. The van der Waals surface area contributed by atoms with Crippen molar-refractivity contribution in [3.05, 3.63) is 48.2 Å². The van der Waals surface area contributed by atoms with Crippen molar-refractivity contribution in [1.29, 1.82) is 0 Å². The molecule has 1 aromatic carbocycles. The molecule has 0 amide bonds. The smallest absolute Gasteiger partial charge is 0.172 e. The number of hydrogen-bond donors (Lipinski definition) is 2. The first kappa shape index (κ1) is 13.1. The molecular weight excluding hydrogens is 268 g/mol. The maximum Gasteiger partial charge on any atom is 0.172 e. The Hall–Kier alpha value is -1.85. The van der Waals surface area contributed by atoms with Crippen LogP contribution < -0.4 is 5.73 Å². The summed E-state index contributed by atoms with van der Waals surface area (Å²) < 4.78 is 0. The molecule has 0 aliphatic heterocycles. The van der Waals surface area contributed by atoms with Crippen LogP contribution in [0.5, 0.6) is 0 Å². The first-order valence-electron chi connectivity index (χ1n) is 6.54. The van der Waals surface area contributed by atoms with Gasteiger partial charge in [-0.25, -0.2) is 9.97 Å². The molecule has 3 N–H and O–H groups in total. The van der Waals surface area contributed by atoms with Gasteiger partial charge in [0.05, 0.1) is 11.0 Å². The number of nitrogens with one attached hydrogen (secondary N) is 1. The van der Waals surface area contributed by atoms with Gasteiger partial charge in [-0.2, -0.15) is 0 Å². The van der Waals surface area contributed by atoms with Gasteiger partial charge in [-0.15, -0.1) is 0 Å². The largest absolute Gasteiger partial charge is 0.333 e. The summed E-state index contributed by atoms with van der Waals surface area (Å²) in [6.45, 7) is 2.00. The monoisotopic (exact) mass is 284 g/mol. The summed E-state index contributed by atoms with van der Waals surface area (Å²) in [6, 6.07) is 12.2. The number of rotatable bonds is 4. The van der Waals surface area contributed by atoms with Gasteiger partial charge in [-0.1, -0.05) is 18.2 Å². The van der Waals surface area contributed by atoms with Crippen molar-refractivity contribution >= 4 is 22.8 Å². The van der Waals surface area contributed by atoms with Crippen molar-refractivity contribution in [3.8, 4) is 0 Å². The van der Waals surface area contributed by atoms with Gasteiger partial charge in [0.25, 0.3) is 0 Å². The average Bonchev–Trinajstić information content (AvgIpc) is 2.82. The van der Waals surface area contributed by atoms with Gasteiger partial charge in [0.15, 0.2) is 5.16 Å². The van der Waals surface area contributed by atoms with E-state index in [2.05, 4.69) is 21.0 Å². The number of para-hydroxylation sites is 2. The zero-order valence-electron chi connectivity index (χ0n) is 11.2. The zero-order chi connectivity index (χ0) is 13.9. The second-order valence-electron chi connectivity index (χ2n) is 4.85. The second kappa shape index (κ2) is 5.64. The van der Waals surface area contributed by atoms with Gasteiger partial charge in [0.2, 0.25) is 0 Å².